The van der Waals surface area contributed by atoms with Crippen LogP contribution in [0.2, 0.25) is 0 Å². The van der Waals surface area contributed by atoms with Crippen LogP contribution in [0.25, 0.3) is 10.4 Å². The van der Waals surface area contributed by atoms with Crippen molar-refractivity contribution < 1.29 is 4.74 Å². The van der Waals surface area contributed by atoms with Gasteiger partial charge in [0, 0.05) is 49.7 Å². The fraction of sp³-hybridized carbons (Fsp3) is 0.417. The highest BCUT2D eigenvalue weighted by Gasteiger charge is 2.24. The normalized spacial score (nSPS) is 20.9. The monoisotopic (exact) mass is 463 g/mol. The Morgan fingerprint density at radius 3 is 2.58 bits per heavy atom. The third-order valence-corrected chi connectivity index (χ3v) is 7.24. The largest absolute Gasteiger partial charge is 0.398 e. The van der Waals surface area contributed by atoms with Crippen molar-refractivity contribution in [1.82, 2.24) is 15.0 Å². The van der Waals surface area contributed by atoms with Crippen LogP contribution < -0.4 is 15.5 Å². The van der Waals surface area contributed by atoms with Gasteiger partial charge in [-0.1, -0.05) is 17.4 Å². The summed E-state index contributed by atoms with van der Waals surface area (Å²) in [7, 11) is 0. The maximum absolute atomic E-state index is 8.87. The topological polar surface area (TPSA) is 104 Å². The molecule has 2 unspecified atom stereocenters. The molecule has 2 aromatic heterocycles. The van der Waals surface area contributed by atoms with Crippen LogP contribution in [0.1, 0.15) is 37.9 Å². The highest BCUT2D eigenvalue weighted by molar-refractivity contribution is 7.18. The van der Waals surface area contributed by atoms with Gasteiger partial charge in [0.1, 0.15) is 12.1 Å². The zero-order valence-electron chi connectivity index (χ0n) is 19.0. The molecule has 0 aliphatic carbocycles. The number of rotatable bonds is 5. The van der Waals surface area contributed by atoms with E-state index in [1.807, 2.05) is 30.5 Å². The molecule has 0 amide bonds. The number of nitrogens with zero attached hydrogens (tertiary/aromatic N) is 5. The second-order valence-corrected chi connectivity index (χ2v) is 9.81. The second kappa shape index (κ2) is 9.07. The summed E-state index contributed by atoms with van der Waals surface area (Å²) in [5.74, 6) is 0.805. The lowest BCUT2D eigenvalue weighted by molar-refractivity contribution is -0.00546. The summed E-state index contributed by atoms with van der Waals surface area (Å²) >= 11 is 1.69. The minimum Gasteiger partial charge on any atom is -0.398 e. The number of anilines is 3. The van der Waals surface area contributed by atoms with E-state index in [1.54, 1.807) is 11.3 Å². The number of morpholine rings is 1. The van der Waals surface area contributed by atoms with Gasteiger partial charge in [-0.05, 0) is 44.4 Å². The summed E-state index contributed by atoms with van der Waals surface area (Å²) in [5.41, 5.74) is 9.37. The summed E-state index contributed by atoms with van der Waals surface area (Å²) in [4.78, 5) is 19.1. The van der Waals surface area contributed by atoms with Crippen LogP contribution in [0, 0.1) is 5.41 Å². The molecule has 0 saturated carbocycles. The molecule has 0 radical (unpaired) electrons. The van der Waals surface area contributed by atoms with E-state index in [0.29, 0.717) is 16.9 Å². The average molecular weight is 464 g/mol. The maximum atomic E-state index is 8.87. The van der Waals surface area contributed by atoms with E-state index in [1.165, 1.54) is 19.2 Å². The second-order valence-electron chi connectivity index (χ2n) is 8.80. The number of nitrogens with one attached hydrogen (secondary N) is 1. The molecule has 5 rings (SSSR count). The molecule has 33 heavy (non-hydrogen) atoms. The molecule has 2 atom stereocenters. The van der Waals surface area contributed by atoms with Crippen molar-refractivity contribution in [1.29, 1.82) is 5.41 Å². The van der Waals surface area contributed by atoms with Gasteiger partial charge < -0.3 is 20.3 Å². The molecule has 2 aliphatic rings. The lowest BCUT2D eigenvalue weighted by Crippen LogP contribution is -2.45. The molecule has 2 aliphatic heterocycles. The Hall–Kier alpha value is -3.04. The van der Waals surface area contributed by atoms with E-state index < -0.39 is 0 Å². The predicted octanol–water partition coefficient (Wildman–Crippen LogP) is 3.81. The molecule has 8 nitrogen and oxygen atoms in total. The first kappa shape index (κ1) is 21.8. The van der Waals surface area contributed by atoms with Gasteiger partial charge >= 0.3 is 0 Å². The number of aromatic nitrogens is 3. The van der Waals surface area contributed by atoms with Crippen LogP contribution in [0.4, 0.5) is 16.6 Å². The first-order valence-corrected chi connectivity index (χ1v) is 12.2. The van der Waals surface area contributed by atoms with Crippen LogP contribution >= 0.6 is 11.3 Å². The summed E-state index contributed by atoms with van der Waals surface area (Å²) in [5, 5.41) is 9.93. The van der Waals surface area contributed by atoms with Gasteiger partial charge in [0.05, 0.1) is 28.5 Å². The van der Waals surface area contributed by atoms with E-state index in [9.17, 15) is 0 Å². The SMILES string of the molecule is CC1CN(c2cc(C(=N)c3cc(-c4cnc(N5CCCC5)s4)ccc3N)ncn2)CC(C)O1. The fourth-order valence-corrected chi connectivity index (χ4v) is 5.50. The number of nitrogen functional groups attached to an aromatic ring is 1. The number of hydrogen-bond acceptors (Lipinski definition) is 9. The molecule has 172 valence electrons. The molecule has 3 aromatic rings. The summed E-state index contributed by atoms with van der Waals surface area (Å²) in [6.07, 6.45) is 6.14. The van der Waals surface area contributed by atoms with Crippen molar-refractivity contribution in [3.05, 3.63) is 48.0 Å². The van der Waals surface area contributed by atoms with Gasteiger partial charge in [-0.15, -0.1) is 0 Å². The predicted molar refractivity (Wildman–Crippen MR) is 134 cm³/mol. The van der Waals surface area contributed by atoms with Gasteiger partial charge in [0.15, 0.2) is 5.13 Å². The Morgan fingerprint density at radius 1 is 1.06 bits per heavy atom. The molecule has 3 N–H and O–H groups in total. The van der Waals surface area contributed by atoms with Crippen LogP contribution in [-0.4, -0.2) is 59.1 Å². The first-order chi connectivity index (χ1) is 16.0. The van der Waals surface area contributed by atoms with E-state index in [0.717, 1.165) is 47.6 Å². The molecule has 2 fully saturated rings. The zero-order valence-corrected chi connectivity index (χ0v) is 19.8. The molecule has 9 heteroatoms. The van der Waals surface area contributed by atoms with Crippen molar-refractivity contribution in [3.63, 3.8) is 0 Å². The van der Waals surface area contributed by atoms with E-state index in [4.69, 9.17) is 15.9 Å². The van der Waals surface area contributed by atoms with Gasteiger partial charge in [-0.2, -0.15) is 0 Å². The van der Waals surface area contributed by atoms with Crippen molar-refractivity contribution >= 4 is 33.7 Å². The minimum absolute atomic E-state index is 0.129. The Labute approximate surface area is 198 Å². The van der Waals surface area contributed by atoms with Crippen LogP contribution in [0.15, 0.2) is 36.8 Å². The summed E-state index contributed by atoms with van der Waals surface area (Å²) < 4.78 is 5.84. The van der Waals surface area contributed by atoms with Crippen molar-refractivity contribution in [2.75, 3.05) is 41.7 Å². The Balaban J connectivity index is 1.41. The summed E-state index contributed by atoms with van der Waals surface area (Å²) in [6, 6.07) is 7.70. The molecule has 2 saturated heterocycles. The van der Waals surface area contributed by atoms with Gasteiger partial charge in [0.2, 0.25) is 0 Å². The number of ether oxygens (including phenoxy) is 1. The number of benzene rings is 1. The standard InChI is InChI=1S/C24H29N7OS/c1-15-12-31(13-16(2)32-15)22-10-20(28-14-29-22)23(26)18-9-17(5-6-19(18)25)21-11-27-24(33-21)30-7-3-4-8-30/h5-6,9-11,14-16,26H,3-4,7-8,12-13,25H2,1-2H3. The molecule has 0 bridgehead atoms. The lowest BCUT2D eigenvalue weighted by atomic mass is 10.0. The van der Waals surface area contributed by atoms with Gasteiger partial charge in [0.25, 0.3) is 0 Å². The van der Waals surface area contributed by atoms with E-state index in [-0.39, 0.29) is 17.9 Å². The molecule has 4 heterocycles. The van der Waals surface area contributed by atoms with Crippen LogP contribution in [0.5, 0.6) is 0 Å². The summed E-state index contributed by atoms with van der Waals surface area (Å²) in [6.45, 7) is 7.79. The Morgan fingerprint density at radius 2 is 1.82 bits per heavy atom. The fourth-order valence-electron chi connectivity index (χ4n) is 4.54. The zero-order chi connectivity index (χ0) is 22.9. The number of nitrogens with two attached hydrogens (primary N) is 1. The minimum atomic E-state index is 0.129. The van der Waals surface area contributed by atoms with Crippen molar-refractivity contribution in [2.45, 2.75) is 38.9 Å². The first-order valence-electron chi connectivity index (χ1n) is 11.4. The molecular weight excluding hydrogens is 434 g/mol. The number of hydrogen-bond donors (Lipinski definition) is 2. The Bertz CT molecular complexity index is 1150. The average Bonchev–Trinajstić information content (AvgIpc) is 3.51. The quantitative estimate of drug-likeness (QED) is 0.438. The molecular formula is C24H29N7OS. The highest BCUT2D eigenvalue weighted by atomic mass is 32.1. The van der Waals surface area contributed by atoms with E-state index >= 15 is 0 Å². The third kappa shape index (κ3) is 4.56. The van der Waals surface area contributed by atoms with Crippen LogP contribution in [0.3, 0.4) is 0 Å². The molecule has 0 spiro atoms. The van der Waals surface area contributed by atoms with Crippen molar-refractivity contribution in [2.24, 2.45) is 0 Å². The lowest BCUT2D eigenvalue weighted by Gasteiger charge is -2.36. The van der Waals surface area contributed by atoms with Crippen LogP contribution in [-0.2, 0) is 4.74 Å². The molecule has 1 aromatic carbocycles. The Kier molecular flexibility index (Phi) is 5.99. The highest BCUT2D eigenvalue weighted by Crippen LogP contribution is 2.34. The van der Waals surface area contributed by atoms with E-state index in [2.05, 4.69) is 38.6 Å². The third-order valence-electron chi connectivity index (χ3n) is 6.13. The number of thiazole rings is 1. The van der Waals surface area contributed by atoms with Gasteiger partial charge in [-0.3, -0.25) is 5.41 Å². The van der Waals surface area contributed by atoms with Gasteiger partial charge in [-0.25, -0.2) is 15.0 Å². The maximum Gasteiger partial charge on any atom is 0.185 e. The smallest absolute Gasteiger partial charge is 0.185 e. The van der Waals surface area contributed by atoms with Crippen molar-refractivity contribution in [3.8, 4) is 10.4 Å².